The van der Waals surface area contributed by atoms with Gasteiger partial charge in [0.1, 0.15) is 17.3 Å². The predicted molar refractivity (Wildman–Crippen MR) is 202 cm³/mol. The molecule has 15 nitrogen and oxygen atoms in total. The number of aryl methyl sites for hydroxylation is 4. The van der Waals surface area contributed by atoms with E-state index in [4.69, 9.17) is 19.2 Å². The molecule has 1 aliphatic rings. The minimum absolute atomic E-state index is 0.0326. The van der Waals surface area contributed by atoms with Crippen molar-refractivity contribution >= 4 is 40.1 Å². The Labute approximate surface area is 311 Å². The summed E-state index contributed by atoms with van der Waals surface area (Å²) >= 11 is 0. The summed E-state index contributed by atoms with van der Waals surface area (Å²) in [6.07, 6.45) is 3.97. The van der Waals surface area contributed by atoms with Gasteiger partial charge in [-0.3, -0.25) is 28.7 Å². The first-order valence-electron chi connectivity index (χ1n) is 17.9. The zero-order valence-corrected chi connectivity index (χ0v) is 31.6. The number of methoxy groups -OCH3 is 1. The number of fused-ring (bicyclic) bond motifs is 1. The Kier molecular flexibility index (Phi) is 15.8. The third-order valence-corrected chi connectivity index (χ3v) is 10.1. The smallest absolute Gasteiger partial charge is 0.343 e. The number of carbonyl (C=O) groups excluding carboxylic acids is 3. The Morgan fingerprint density at radius 2 is 1.74 bits per heavy atom. The fourth-order valence-corrected chi connectivity index (χ4v) is 7.24. The maximum atomic E-state index is 13.4. The molecule has 0 saturated carbocycles. The van der Waals surface area contributed by atoms with E-state index >= 15 is 0 Å². The number of pyridine rings is 1. The molecule has 2 aromatic carbocycles. The number of hydrogen-bond donors (Lipinski definition) is 5. The Hall–Kier alpha value is -4.83. The van der Waals surface area contributed by atoms with E-state index in [0.29, 0.717) is 23.5 Å². The van der Waals surface area contributed by atoms with Crippen molar-refractivity contribution in [2.75, 3.05) is 56.5 Å². The normalized spacial score (nSPS) is 13.3. The van der Waals surface area contributed by atoms with Gasteiger partial charge in [0.2, 0.25) is 11.8 Å². The molecule has 2 unspecified atom stereocenters. The van der Waals surface area contributed by atoms with Gasteiger partial charge in [0.15, 0.2) is 11.9 Å². The Bertz CT molecular complexity index is 1820. The van der Waals surface area contributed by atoms with E-state index < -0.39 is 33.8 Å². The van der Waals surface area contributed by atoms with Gasteiger partial charge < -0.3 is 35.5 Å². The molecule has 2 heterocycles. The quantitative estimate of drug-likeness (QED) is 0.0433. The molecule has 0 bridgehead atoms. The van der Waals surface area contributed by atoms with Crippen LogP contribution in [-0.2, 0) is 42.8 Å². The summed E-state index contributed by atoms with van der Waals surface area (Å²) in [7, 11) is -0.341. The maximum absolute atomic E-state index is 13.4. The van der Waals surface area contributed by atoms with Crippen molar-refractivity contribution in [3.05, 3.63) is 67.1 Å². The minimum atomic E-state index is -1.56. The fourth-order valence-electron chi connectivity index (χ4n) is 5.94. The third-order valence-electron chi connectivity index (χ3n) is 8.58. The summed E-state index contributed by atoms with van der Waals surface area (Å²) < 4.78 is 29.2. The largest absolute Gasteiger partial charge is 0.494 e. The minimum Gasteiger partial charge on any atom is -0.494 e. The molecular formula is C37H50N6O9S. The van der Waals surface area contributed by atoms with Gasteiger partial charge >= 0.3 is 5.97 Å². The number of aromatic nitrogens is 1. The molecule has 288 valence electrons. The van der Waals surface area contributed by atoms with E-state index in [1.54, 1.807) is 19.1 Å². The molecular weight excluding hydrogens is 705 g/mol. The summed E-state index contributed by atoms with van der Waals surface area (Å²) in [6, 6.07) is 7.67. The van der Waals surface area contributed by atoms with Crippen molar-refractivity contribution in [1.82, 2.24) is 20.9 Å². The molecule has 0 radical (unpaired) electrons. The molecule has 4 rings (SSSR count). The topological polar surface area (TPSA) is 203 Å². The second-order valence-corrected chi connectivity index (χ2v) is 14.1. The number of rotatable bonds is 22. The third kappa shape index (κ3) is 11.8. The van der Waals surface area contributed by atoms with Gasteiger partial charge in [0.05, 0.1) is 37.0 Å². The molecule has 0 fully saturated rings. The van der Waals surface area contributed by atoms with Gasteiger partial charge in [-0.25, -0.2) is 9.78 Å². The van der Waals surface area contributed by atoms with E-state index in [9.17, 15) is 28.2 Å². The molecule has 0 saturated heterocycles. The number of ether oxygens (including phenoxy) is 3. The molecule has 0 spiro atoms. The molecule has 1 aliphatic heterocycles. The standard InChI is InChI=1S/C37H50N6O9S/c1-5-51-33-30(31(46)32(33)47)39-18-17-38-28(44)13-9-19-52-27-20-23(2)34(24(3)21-27)53(49)22-41-36(37(48)50-4)43-29(45)12-7-6-11-26-15-14-25-10-8-16-40-35(25)42-26/h14-15,20-21,36,39,41H,5-13,16-19,22H2,1-4H3,(H,38,44)(H,40,42)(H,43,45). The highest BCUT2D eigenvalue weighted by atomic mass is 32.2. The fraction of sp³-hybridized carbons (Fsp3) is 0.514. The number of esters is 1. The van der Waals surface area contributed by atoms with Crippen LogP contribution in [0.4, 0.5) is 11.5 Å². The zero-order chi connectivity index (χ0) is 38.3. The SMILES string of the molecule is CCOc1c(NCCNC(=O)CCCOc2cc(C)c(S(=O)CNC(NC(=O)CCCCc3ccc4c(n3)NCCC4)C(=O)OC)c(C)c2)c(=O)c1=O. The average Bonchev–Trinajstić information content (AvgIpc) is 3.15. The van der Waals surface area contributed by atoms with Crippen molar-refractivity contribution in [3.8, 4) is 11.5 Å². The van der Waals surface area contributed by atoms with Crippen molar-refractivity contribution in [1.29, 1.82) is 0 Å². The highest BCUT2D eigenvalue weighted by molar-refractivity contribution is 7.85. The van der Waals surface area contributed by atoms with Gasteiger partial charge in [-0.2, -0.15) is 0 Å². The van der Waals surface area contributed by atoms with Crippen LogP contribution in [0.3, 0.4) is 0 Å². The Morgan fingerprint density at radius 3 is 2.47 bits per heavy atom. The van der Waals surface area contributed by atoms with Crippen molar-refractivity contribution < 1.29 is 32.8 Å². The highest BCUT2D eigenvalue weighted by Gasteiger charge is 2.24. The molecule has 1 aromatic heterocycles. The molecule has 3 aromatic rings. The second kappa shape index (κ2) is 20.4. The van der Waals surface area contributed by atoms with Gasteiger partial charge in [-0.15, -0.1) is 0 Å². The van der Waals surface area contributed by atoms with Gasteiger partial charge in [0.25, 0.3) is 10.9 Å². The van der Waals surface area contributed by atoms with Crippen LogP contribution in [0.15, 0.2) is 38.8 Å². The van der Waals surface area contributed by atoms with Crippen LogP contribution in [0.25, 0.3) is 0 Å². The number of anilines is 2. The predicted octanol–water partition coefficient (Wildman–Crippen LogP) is 2.12. The number of nitrogens with one attached hydrogen (secondary N) is 5. The Balaban J connectivity index is 1.15. The lowest BCUT2D eigenvalue weighted by atomic mass is 10.1. The van der Waals surface area contributed by atoms with Gasteiger partial charge in [-0.1, -0.05) is 6.07 Å². The lowest BCUT2D eigenvalue weighted by Crippen LogP contribution is -2.52. The summed E-state index contributed by atoms with van der Waals surface area (Å²) in [6.45, 7) is 7.34. The van der Waals surface area contributed by atoms with Crippen LogP contribution in [0.2, 0.25) is 0 Å². The number of benzene rings is 1. The zero-order valence-electron chi connectivity index (χ0n) is 30.8. The van der Waals surface area contributed by atoms with E-state index in [2.05, 4.69) is 32.7 Å². The van der Waals surface area contributed by atoms with Gasteiger partial charge in [-0.05, 0) is 94.2 Å². The van der Waals surface area contributed by atoms with Crippen LogP contribution in [0.5, 0.6) is 11.5 Å². The number of carbonyl (C=O) groups is 3. The molecule has 2 atom stereocenters. The number of unbranched alkanes of at least 4 members (excludes halogenated alkanes) is 1. The maximum Gasteiger partial charge on any atom is 0.343 e. The number of amides is 2. The van der Waals surface area contributed by atoms with Crippen LogP contribution in [0.1, 0.15) is 67.8 Å². The lowest BCUT2D eigenvalue weighted by molar-refractivity contribution is -0.146. The number of nitrogens with zero attached hydrogens (tertiary/aromatic N) is 1. The molecule has 53 heavy (non-hydrogen) atoms. The van der Waals surface area contributed by atoms with E-state index in [1.165, 1.54) is 12.7 Å². The summed E-state index contributed by atoms with van der Waals surface area (Å²) in [5.41, 5.74) is 2.52. The average molecular weight is 755 g/mol. The van der Waals surface area contributed by atoms with E-state index in [1.807, 2.05) is 19.9 Å². The van der Waals surface area contributed by atoms with Crippen LogP contribution < -0.4 is 46.9 Å². The molecule has 5 N–H and O–H groups in total. The molecule has 0 aliphatic carbocycles. The van der Waals surface area contributed by atoms with Crippen LogP contribution >= 0.6 is 0 Å². The highest BCUT2D eigenvalue weighted by Crippen LogP contribution is 2.25. The molecule has 2 amide bonds. The van der Waals surface area contributed by atoms with Crippen LogP contribution in [-0.4, -0.2) is 79.0 Å². The second-order valence-electron chi connectivity index (χ2n) is 12.7. The van der Waals surface area contributed by atoms with E-state index in [-0.39, 0.29) is 68.3 Å². The lowest BCUT2D eigenvalue weighted by Gasteiger charge is -2.19. The van der Waals surface area contributed by atoms with Crippen molar-refractivity contribution in [3.63, 3.8) is 0 Å². The summed E-state index contributed by atoms with van der Waals surface area (Å²) in [5, 5.41) is 14.4. The van der Waals surface area contributed by atoms with Crippen molar-refractivity contribution in [2.45, 2.75) is 83.2 Å². The van der Waals surface area contributed by atoms with Crippen molar-refractivity contribution in [2.24, 2.45) is 0 Å². The van der Waals surface area contributed by atoms with Crippen LogP contribution in [0, 0.1) is 13.8 Å². The first kappa shape index (κ1) is 40.9. The van der Waals surface area contributed by atoms with E-state index in [0.717, 1.165) is 54.9 Å². The summed E-state index contributed by atoms with van der Waals surface area (Å²) in [5.74, 6) is 0.236. The monoisotopic (exact) mass is 754 g/mol. The first-order valence-corrected chi connectivity index (χ1v) is 19.3. The summed E-state index contributed by atoms with van der Waals surface area (Å²) in [4.78, 5) is 65.8. The number of hydrogen-bond acceptors (Lipinski definition) is 13. The molecule has 16 heteroatoms. The first-order chi connectivity index (χ1) is 25.5. The Morgan fingerprint density at radius 1 is 0.981 bits per heavy atom. The van der Waals surface area contributed by atoms with Gasteiger partial charge in [0, 0.05) is 43.1 Å².